The standard InChI is InChI=1S/C11H10BrNO/c1-14-11-4-2-9(3-5-11)10(8-12)6-7-13/h2-6H,8H2,1H3/b10-6+. The first-order chi connectivity index (χ1) is 6.81. The molecule has 0 bridgehead atoms. The third-order valence-corrected chi connectivity index (χ3v) is 2.45. The topological polar surface area (TPSA) is 33.0 Å². The maximum atomic E-state index is 8.56. The summed E-state index contributed by atoms with van der Waals surface area (Å²) in [6.45, 7) is 0. The number of hydrogen-bond acceptors (Lipinski definition) is 2. The molecule has 14 heavy (non-hydrogen) atoms. The summed E-state index contributed by atoms with van der Waals surface area (Å²) >= 11 is 3.34. The van der Waals surface area contributed by atoms with Gasteiger partial charge < -0.3 is 4.74 Å². The number of rotatable bonds is 3. The van der Waals surface area contributed by atoms with E-state index >= 15 is 0 Å². The number of hydrogen-bond donors (Lipinski definition) is 0. The molecule has 0 aromatic heterocycles. The Morgan fingerprint density at radius 2 is 2.14 bits per heavy atom. The Morgan fingerprint density at radius 3 is 2.57 bits per heavy atom. The minimum absolute atomic E-state index is 0.674. The van der Waals surface area contributed by atoms with Gasteiger partial charge in [0.2, 0.25) is 0 Å². The summed E-state index contributed by atoms with van der Waals surface area (Å²) in [5.74, 6) is 0.819. The molecular formula is C11H10BrNO. The van der Waals surface area contributed by atoms with Gasteiger partial charge in [-0.15, -0.1) is 0 Å². The molecule has 0 saturated heterocycles. The van der Waals surface area contributed by atoms with Crippen LogP contribution in [0.5, 0.6) is 5.75 Å². The summed E-state index contributed by atoms with van der Waals surface area (Å²) in [5, 5.41) is 9.23. The van der Waals surface area contributed by atoms with Crippen molar-refractivity contribution in [2.45, 2.75) is 0 Å². The van der Waals surface area contributed by atoms with Crippen molar-refractivity contribution in [2.75, 3.05) is 12.4 Å². The highest BCUT2D eigenvalue weighted by atomic mass is 79.9. The lowest BCUT2D eigenvalue weighted by Gasteiger charge is -2.03. The molecule has 1 aromatic rings. The summed E-state index contributed by atoms with van der Waals surface area (Å²) in [4.78, 5) is 0. The fourth-order valence-electron chi connectivity index (χ4n) is 1.08. The van der Waals surface area contributed by atoms with Gasteiger partial charge in [-0.25, -0.2) is 0 Å². The van der Waals surface area contributed by atoms with E-state index in [1.165, 1.54) is 6.08 Å². The first-order valence-corrected chi connectivity index (χ1v) is 5.23. The highest BCUT2D eigenvalue weighted by Gasteiger charge is 1.99. The average molecular weight is 252 g/mol. The summed E-state index contributed by atoms with van der Waals surface area (Å²) < 4.78 is 5.05. The van der Waals surface area contributed by atoms with E-state index < -0.39 is 0 Å². The molecule has 1 aromatic carbocycles. The molecule has 0 saturated carbocycles. The zero-order valence-electron chi connectivity index (χ0n) is 7.83. The van der Waals surface area contributed by atoms with E-state index in [0.717, 1.165) is 16.9 Å². The maximum Gasteiger partial charge on any atom is 0.118 e. The third kappa shape index (κ3) is 2.61. The molecule has 0 aliphatic rings. The van der Waals surface area contributed by atoms with E-state index in [1.807, 2.05) is 30.3 Å². The van der Waals surface area contributed by atoms with Crippen LogP contribution >= 0.6 is 15.9 Å². The molecule has 0 amide bonds. The second kappa shape index (κ2) is 5.46. The minimum Gasteiger partial charge on any atom is -0.497 e. The van der Waals surface area contributed by atoms with Crippen LogP contribution in [0.25, 0.3) is 5.57 Å². The van der Waals surface area contributed by atoms with Gasteiger partial charge in [0.25, 0.3) is 0 Å². The van der Waals surface area contributed by atoms with Crippen molar-refractivity contribution in [3.63, 3.8) is 0 Å². The van der Waals surface area contributed by atoms with Gasteiger partial charge in [-0.2, -0.15) is 5.26 Å². The van der Waals surface area contributed by atoms with Crippen LogP contribution in [-0.4, -0.2) is 12.4 Å². The zero-order chi connectivity index (χ0) is 10.4. The van der Waals surface area contributed by atoms with Gasteiger partial charge in [0, 0.05) is 11.4 Å². The molecule has 0 fully saturated rings. The van der Waals surface area contributed by atoms with E-state index in [9.17, 15) is 0 Å². The maximum absolute atomic E-state index is 8.56. The molecule has 0 unspecified atom stereocenters. The summed E-state index contributed by atoms with van der Waals surface area (Å²) in [5.41, 5.74) is 2.00. The highest BCUT2D eigenvalue weighted by Crippen LogP contribution is 2.19. The van der Waals surface area contributed by atoms with E-state index in [1.54, 1.807) is 7.11 Å². The van der Waals surface area contributed by atoms with Crippen LogP contribution in [0.15, 0.2) is 30.3 Å². The SMILES string of the molecule is COc1ccc(/C(=C/C#N)CBr)cc1. The van der Waals surface area contributed by atoms with E-state index in [2.05, 4.69) is 15.9 Å². The monoisotopic (exact) mass is 251 g/mol. The number of nitrogens with zero attached hydrogens (tertiary/aromatic N) is 1. The second-order valence-corrected chi connectivity index (χ2v) is 3.22. The fourth-order valence-corrected chi connectivity index (χ4v) is 1.57. The normalized spacial score (nSPS) is 10.8. The molecule has 0 atom stereocenters. The Labute approximate surface area is 91.9 Å². The number of halogens is 1. The first-order valence-electron chi connectivity index (χ1n) is 4.11. The molecule has 3 heteroatoms. The molecular weight excluding hydrogens is 242 g/mol. The van der Waals surface area contributed by atoms with Gasteiger partial charge in [0.15, 0.2) is 0 Å². The Morgan fingerprint density at radius 1 is 1.50 bits per heavy atom. The van der Waals surface area contributed by atoms with Gasteiger partial charge in [0.1, 0.15) is 5.75 Å². The van der Waals surface area contributed by atoms with Gasteiger partial charge in [-0.3, -0.25) is 0 Å². The number of nitriles is 1. The Bertz CT molecular complexity index is 362. The van der Waals surface area contributed by atoms with E-state index in [4.69, 9.17) is 10.00 Å². The van der Waals surface area contributed by atoms with Gasteiger partial charge in [-0.05, 0) is 23.3 Å². The number of allylic oxidation sites excluding steroid dienone is 2. The van der Waals surface area contributed by atoms with Gasteiger partial charge in [-0.1, -0.05) is 28.1 Å². The molecule has 0 N–H and O–H groups in total. The van der Waals surface area contributed by atoms with Crippen LogP contribution in [0.4, 0.5) is 0 Å². The molecule has 2 nitrogen and oxygen atoms in total. The van der Waals surface area contributed by atoms with Crippen molar-refractivity contribution in [3.05, 3.63) is 35.9 Å². The predicted molar refractivity (Wildman–Crippen MR) is 60.4 cm³/mol. The highest BCUT2D eigenvalue weighted by molar-refractivity contribution is 9.09. The van der Waals surface area contributed by atoms with Crippen molar-refractivity contribution in [3.8, 4) is 11.8 Å². The first kappa shape index (κ1) is 10.8. The Balaban J connectivity index is 2.96. The second-order valence-electron chi connectivity index (χ2n) is 2.66. The fraction of sp³-hybridized carbons (Fsp3) is 0.182. The Kier molecular flexibility index (Phi) is 4.21. The summed E-state index contributed by atoms with van der Waals surface area (Å²) in [6, 6.07) is 9.65. The third-order valence-electron chi connectivity index (χ3n) is 1.84. The zero-order valence-corrected chi connectivity index (χ0v) is 9.41. The van der Waals surface area contributed by atoms with Crippen LogP contribution in [-0.2, 0) is 0 Å². The van der Waals surface area contributed by atoms with Crippen LogP contribution in [0.3, 0.4) is 0 Å². The summed E-state index contributed by atoms with van der Waals surface area (Å²) in [7, 11) is 1.63. The lowest BCUT2D eigenvalue weighted by Crippen LogP contribution is -1.87. The van der Waals surface area contributed by atoms with Crippen molar-refractivity contribution in [1.29, 1.82) is 5.26 Å². The molecule has 0 radical (unpaired) electrons. The molecule has 0 aliphatic heterocycles. The quantitative estimate of drug-likeness (QED) is 0.612. The van der Waals surface area contributed by atoms with Crippen LogP contribution in [0.2, 0.25) is 0 Å². The van der Waals surface area contributed by atoms with Crippen molar-refractivity contribution in [1.82, 2.24) is 0 Å². The minimum atomic E-state index is 0.674. The molecule has 72 valence electrons. The number of alkyl halides is 1. The van der Waals surface area contributed by atoms with Crippen LogP contribution in [0.1, 0.15) is 5.56 Å². The molecule has 1 rings (SSSR count). The number of ether oxygens (including phenoxy) is 1. The summed E-state index contributed by atoms with van der Waals surface area (Å²) in [6.07, 6.45) is 1.54. The smallest absolute Gasteiger partial charge is 0.118 e. The van der Waals surface area contributed by atoms with E-state index in [-0.39, 0.29) is 0 Å². The lowest BCUT2D eigenvalue weighted by atomic mass is 10.1. The number of benzene rings is 1. The van der Waals surface area contributed by atoms with Crippen LogP contribution < -0.4 is 4.74 Å². The van der Waals surface area contributed by atoms with Crippen molar-refractivity contribution < 1.29 is 4.74 Å². The number of methoxy groups -OCH3 is 1. The largest absolute Gasteiger partial charge is 0.497 e. The molecule has 0 aliphatic carbocycles. The van der Waals surface area contributed by atoms with Gasteiger partial charge in [0.05, 0.1) is 13.2 Å². The van der Waals surface area contributed by atoms with E-state index in [0.29, 0.717) is 5.33 Å². The van der Waals surface area contributed by atoms with Crippen LogP contribution in [0, 0.1) is 11.3 Å². The van der Waals surface area contributed by atoms with Gasteiger partial charge >= 0.3 is 0 Å². The van der Waals surface area contributed by atoms with Crippen molar-refractivity contribution in [2.24, 2.45) is 0 Å². The lowest BCUT2D eigenvalue weighted by molar-refractivity contribution is 0.415. The Hall–Kier alpha value is -1.27. The molecule has 0 heterocycles. The van der Waals surface area contributed by atoms with Crippen molar-refractivity contribution >= 4 is 21.5 Å². The average Bonchev–Trinajstić information content (AvgIpc) is 2.26. The molecule has 0 spiro atoms. The predicted octanol–water partition coefficient (Wildman–Crippen LogP) is 3.00.